The van der Waals surface area contributed by atoms with Crippen LogP contribution in [0, 0.1) is 0 Å². The quantitative estimate of drug-likeness (QED) is 0.574. The SMILES string of the molecule is CCOC(=O)c1sc(NC(=O)CN2C(=O)C(C)Oc3ccccc32)nc1-c1ccccc1. The maximum absolute atomic E-state index is 12.8. The number of carbonyl (C=O) groups is 3. The second-order valence-corrected chi connectivity index (χ2v) is 7.98. The average molecular weight is 452 g/mol. The van der Waals surface area contributed by atoms with Crippen molar-refractivity contribution >= 4 is 39.9 Å². The normalized spacial score (nSPS) is 15.0. The average Bonchev–Trinajstić information content (AvgIpc) is 3.21. The summed E-state index contributed by atoms with van der Waals surface area (Å²) in [5.74, 6) is -0.714. The molecule has 1 N–H and O–H groups in total. The van der Waals surface area contributed by atoms with Crippen molar-refractivity contribution in [1.29, 1.82) is 0 Å². The smallest absolute Gasteiger partial charge is 0.350 e. The molecule has 164 valence electrons. The number of nitrogens with zero attached hydrogens (tertiary/aromatic N) is 2. The molecule has 0 bridgehead atoms. The first-order valence-corrected chi connectivity index (χ1v) is 10.9. The summed E-state index contributed by atoms with van der Waals surface area (Å²) in [5.41, 5.74) is 1.70. The van der Waals surface area contributed by atoms with E-state index in [0.29, 0.717) is 22.0 Å². The fourth-order valence-electron chi connectivity index (χ4n) is 3.32. The van der Waals surface area contributed by atoms with Crippen LogP contribution in [-0.2, 0) is 14.3 Å². The van der Waals surface area contributed by atoms with Gasteiger partial charge in [0.15, 0.2) is 11.2 Å². The summed E-state index contributed by atoms with van der Waals surface area (Å²) >= 11 is 1.03. The topological polar surface area (TPSA) is 97.8 Å². The summed E-state index contributed by atoms with van der Waals surface area (Å²) in [7, 11) is 0. The van der Waals surface area contributed by atoms with Crippen molar-refractivity contribution in [1.82, 2.24) is 4.98 Å². The molecule has 1 aliphatic heterocycles. The van der Waals surface area contributed by atoms with Crippen molar-refractivity contribution in [2.75, 3.05) is 23.4 Å². The zero-order valence-electron chi connectivity index (χ0n) is 17.5. The van der Waals surface area contributed by atoms with Gasteiger partial charge in [-0.1, -0.05) is 53.8 Å². The number of aromatic nitrogens is 1. The van der Waals surface area contributed by atoms with Gasteiger partial charge in [0.25, 0.3) is 5.91 Å². The van der Waals surface area contributed by atoms with E-state index in [-0.39, 0.29) is 24.2 Å². The van der Waals surface area contributed by atoms with Crippen LogP contribution in [0.1, 0.15) is 23.5 Å². The van der Waals surface area contributed by atoms with Crippen molar-refractivity contribution in [3.05, 3.63) is 59.5 Å². The first-order valence-electron chi connectivity index (χ1n) is 10.1. The van der Waals surface area contributed by atoms with Gasteiger partial charge in [0, 0.05) is 5.56 Å². The van der Waals surface area contributed by atoms with Gasteiger partial charge in [-0.3, -0.25) is 14.5 Å². The maximum Gasteiger partial charge on any atom is 0.350 e. The Kier molecular flexibility index (Phi) is 6.18. The number of thiazole rings is 1. The third-order valence-electron chi connectivity index (χ3n) is 4.76. The maximum atomic E-state index is 12.8. The van der Waals surface area contributed by atoms with Crippen LogP contribution < -0.4 is 15.0 Å². The van der Waals surface area contributed by atoms with Gasteiger partial charge in [0.05, 0.1) is 18.0 Å². The number of anilines is 2. The van der Waals surface area contributed by atoms with Crippen molar-refractivity contribution in [3.63, 3.8) is 0 Å². The van der Waals surface area contributed by atoms with E-state index in [4.69, 9.17) is 9.47 Å². The standard InChI is InChI=1S/C23H21N3O5S/c1-3-30-22(29)20-19(15-9-5-4-6-10-15)25-23(32-20)24-18(27)13-26-16-11-7-8-12-17(16)31-14(2)21(26)28/h4-12,14H,3,13H2,1-2H3,(H,24,25,27). The Morgan fingerprint density at radius 2 is 1.88 bits per heavy atom. The van der Waals surface area contributed by atoms with E-state index >= 15 is 0 Å². The molecule has 2 heterocycles. The van der Waals surface area contributed by atoms with Crippen LogP contribution in [0.4, 0.5) is 10.8 Å². The molecule has 1 aromatic heterocycles. The number of rotatable bonds is 6. The van der Waals surface area contributed by atoms with Crippen LogP contribution in [0.2, 0.25) is 0 Å². The highest BCUT2D eigenvalue weighted by Crippen LogP contribution is 2.34. The van der Waals surface area contributed by atoms with Gasteiger partial charge in [0.1, 0.15) is 17.2 Å². The molecule has 0 saturated heterocycles. The third-order valence-corrected chi connectivity index (χ3v) is 5.71. The van der Waals surface area contributed by atoms with E-state index in [1.54, 1.807) is 38.1 Å². The number of hydrogen-bond donors (Lipinski definition) is 1. The Labute approximate surface area is 188 Å². The van der Waals surface area contributed by atoms with Gasteiger partial charge in [-0.25, -0.2) is 9.78 Å². The molecule has 1 unspecified atom stereocenters. The lowest BCUT2D eigenvalue weighted by Crippen LogP contribution is -2.47. The van der Waals surface area contributed by atoms with Crippen molar-refractivity contribution in [2.45, 2.75) is 20.0 Å². The number of ether oxygens (including phenoxy) is 2. The lowest BCUT2D eigenvalue weighted by molar-refractivity contribution is -0.127. The van der Waals surface area contributed by atoms with Crippen molar-refractivity contribution in [3.8, 4) is 17.0 Å². The van der Waals surface area contributed by atoms with Gasteiger partial charge in [-0.2, -0.15) is 0 Å². The first-order chi connectivity index (χ1) is 15.5. The van der Waals surface area contributed by atoms with Crippen molar-refractivity contribution in [2.24, 2.45) is 0 Å². The Morgan fingerprint density at radius 1 is 1.16 bits per heavy atom. The zero-order valence-corrected chi connectivity index (χ0v) is 18.3. The molecule has 2 aromatic carbocycles. The molecule has 0 aliphatic carbocycles. The molecule has 0 saturated carbocycles. The molecule has 4 rings (SSSR count). The van der Waals surface area contributed by atoms with Gasteiger partial charge in [0.2, 0.25) is 5.91 Å². The van der Waals surface area contributed by atoms with Gasteiger partial charge < -0.3 is 14.8 Å². The van der Waals surface area contributed by atoms with E-state index in [2.05, 4.69) is 10.3 Å². The number of fused-ring (bicyclic) bond motifs is 1. The second kappa shape index (κ2) is 9.19. The molecule has 9 heteroatoms. The van der Waals surface area contributed by atoms with E-state index in [1.165, 1.54) is 4.90 Å². The number of para-hydroxylation sites is 2. The second-order valence-electron chi connectivity index (χ2n) is 6.98. The Bertz CT molecular complexity index is 1160. The third kappa shape index (κ3) is 4.33. The monoisotopic (exact) mass is 451 g/mol. The summed E-state index contributed by atoms with van der Waals surface area (Å²) in [6, 6.07) is 16.2. The summed E-state index contributed by atoms with van der Waals surface area (Å²) in [4.78, 5) is 44.0. The fraction of sp³-hybridized carbons (Fsp3) is 0.217. The van der Waals surface area contributed by atoms with Crippen LogP contribution >= 0.6 is 11.3 Å². The molecule has 1 aliphatic rings. The molecular weight excluding hydrogens is 430 g/mol. The molecule has 2 amide bonds. The molecule has 0 spiro atoms. The Morgan fingerprint density at radius 3 is 2.62 bits per heavy atom. The molecule has 1 atom stereocenters. The van der Waals surface area contributed by atoms with Crippen LogP contribution in [0.25, 0.3) is 11.3 Å². The predicted octanol–water partition coefficient (Wildman–Crippen LogP) is 3.74. The fourth-order valence-corrected chi connectivity index (χ4v) is 4.22. The lowest BCUT2D eigenvalue weighted by atomic mass is 10.1. The number of hydrogen-bond acceptors (Lipinski definition) is 7. The summed E-state index contributed by atoms with van der Waals surface area (Å²) in [6.45, 7) is 3.38. The summed E-state index contributed by atoms with van der Waals surface area (Å²) in [5, 5.41) is 2.96. The van der Waals surface area contributed by atoms with Gasteiger partial charge >= 0.3 is 5.97 Å². The Balaban J connectivity index is 1.57. The van der Waals surface area contributed by atoms with E-state index < -0.39 is 18.0 Å². The highest BCUT2D eigenvalue weighted by atomic mass is 32.1. The predicted molar refractivity (Wildman–Crippen MR) is 121 cm³/mol. The number of amides is 2. The number of nitrogens with one attached hydrogen (secondary N) is 1. The van der Waals surface area contributed by atoms with Crippen LogP contribution in [0.15, 0.2) is 54.6 Å². The van der Waals surface area contributed by atoms with E-state index in [0.717, 1.165) is 16.9 Å². The number of benzene rings is 2. The molecule has 0 radical (unpaired) electrons. The van der Waals surface area contributed by atoms with Gasteiger partial charge in [-0.15, -0.1) is 0 Å². The van der Waals surface area contributed by atoms with Gasteiger partial charge in [-0.05, 0) is 26.0 Å². The first kappa shape index (κ1) is 21.5. The van der Waals surface area contributed by atoms with Crippen LogP contribution in [0.3, 0.4) is 0 Å². The molecule has 3 aromatic rings. The number of carbonyl (C=O) groups excluding carboxylic acids is 3. The lowest BCUT2D eigenvalue weighted by Gasteiger charge is -2.32. The summed E-state index contributed by atoms with van der Waals surface area (Å²) < 4.78 is 10.8. The number of esters is 1. The minimum atomic E-state index is -0.697. The molecule has 32 heavy (non-hydrogen) atoms. The minimum absolute atomic E-state index is 0.210. The minimum Gasteiger partial charge on any atom is -0.479 e. The molecular formula is C23H21N3O5S. The molecule has 8 nitrogen and oxygen atoms in total. The van der Waals surface area contributed by atoms with E-state index in [1.807, 2.05) is 30.3 Å². The highest BCUT2D eigenvalue weighted by molar-refractivity contribution is 7.18. The Hall–Kier alpha value is -3.72. The van der Waals surface area contributed by atoms with Crippen LogP contribution in [0.5, 0.6) is 5.75 Å². The van der Waals surface area contributed by atoms with Crippen molar-refractivity contribution < 1.29 is 23.9 Å². The van der Waals surface area contributed by atoms with Crippen LogP contribution in [-0.4, -0.2) is 42.0 Å². The molecule has 0 fully saturated rings. The summed E-state index contributed by atoms with van der Waals surface area (Å²) in [6.07, 6.45) is -0.697. The largest absolute Gasteiger partial charge is 0.479 e. The highest BCUT2D eigenvalue weighted by Gasteiger charge is 2.32. The van der Waals surface area contributed by atoms with E-state index in [9.17, 15) is 14.4 Å². The zero-order chi connectivity index (χ0) is 22.7.